The number of hydrogen-bond acceptors (Lipinski definition) is 4. The van der Waals surface area contributed by atoms with E-state index in [2.05, 4.69) is 26.1 Å². The summed E-state index contributed by atoms with van der Waals surface area (Å²) in [5, 5.41) is 3.39. The molecule has 0 saturated carbocycles. The van der Waals surface area contributed by atoms with Gasteiger partial charge < -0.3 is 15.8 Å². The van der Waals surface area contributed by atoms with Crippen LogP contribution in [-0.2, 0) is 17.6 Å². The third-order valence-electron chi connectivity index (χ3n) is 5.35. The highest BCUT2D eigenvalue weighted by atomic mass is 32.1. The molecule has 6 heteroatoms. The third-order valence-corrected chi connectivity index (χ3v) is 6.52. The van der Waals surface area contributed by atoms with E-state index in [9.17, 15) is 9.59 Å². The van der Waals surface area contributed by atoms with Crippen LogP contribution in [-0.4, -0.2) is 18.4 Å². The van der Waals surface area contributed by atoms with Crippen LogP contribution < -0.4 is 15.8 Å². The van der Waals surface area contributed by atoms with Gasteiger partial charge in [0.2, 0.25) is 0 Å². The van der Waals surface area contributed by atoms with E-state index in [0.717, 1.165) is 35.3 Å². The summed E-state index contributed by atoms with van der Waals surface area (Å²) >= 11 is 1.47. The third kappa shape index (κ3) is 4.55. The minimum absolute atomic E-state index is 0.116. The van der Waals surface area contributed by atoms with Gasteiger partial charge in [0.15, 0.2) is 6.61 Å². The van der Waals surface area contributed by atoms with Gasteiger partial charge in [0, 0.05) is 4.88 Å². The molecule has 2 amide bonds. The van der Waals surface area contributed by atoms with Gasteiger partial charge in [0.1, 0.15) is 10.8 Å². The van der Waals surface area contributed by atoms with Crippen molar-refractivity contribution in [2.45, 2.75) is 47.0 Å². The summed E-state index contributed by atoms with van der Waals surface area (Å²) in [5.41, 5.74) is 8.39. The van der Waals surface area contributed by atoms with Gasteiger partial charge in [-0.15, -0.1) is 11.3 Å². The van der Waals surface area contributed by atoms with Crippen molar-refractivity contribution in [1.29, 1.82) is 0 Å². The normalized spacial score (nSPS) is 16.4. The van der Waals surface area contributed by atoms with Gasteiger partial charge in [0.25, 0.3) is 11.8 Å². The number of thiophene rings is 1. The molecule has 1 aliphatic rings. The first kappa shape index (κ1) is 20.4. The molecule has 0 fully saturated rings. The molecule has 1 aromatic heterocycles. The van der Waals surface area contributed by atoms with E-state index < -0.39 is 5.91 Å². The maximum Gasteiger partial charge on any atom is 0.262 e. The Labute approximate surface area is 170 Å². The Kier molecular flexibility index (Phi) is 5.79. The van der Waals surface area contributed by atoms with E-state index >= 15 is 0 Å². The monoisotopic (exact) mass is 400 g/mol. The molecule has 28 heavy (non-hydrogen) atoms. The summed E-state index contributed by atoms with van der Waals surface area (Å²) in [6, 6.07) is 7.53. The van der Waals surface area contributed by atoms with Crippen molar-refractivity contribution in [3.8, 4) is 5.75 Å². The summed E-state index contributed by atoms with van der Waals surface area (Å²) in [5.74, 6) is 0.410. The topological polar surface area (TPSA) is 81.4 Å². The molecule has 0 unspecified atom stereocenters. The van der Waals surface area contributed by atoms with E-state index in [1.54, 1.807) is 0 Å². The number of rotatable bonds is 5. The predicted molar refractivity (Wildman–Crippen MR) is 113 cm³/mol. The predicted octanol–water partition coefficient (Wildman–Crippen LogP) is 4.32. The van der Waals surface area contributed by atoms with E-state index in [4.69, 9.17) is 10.5 Å². The maximum absolute atomic E-state index is 12.4. The SMILES string of the molecule is Cc1cccc(OCC(=O)Nc2sc3c(c2C(N)=O)CC[C@@H](C(C)(C)C)C3)c1. The van der Waals surface area contributed by atoms with E-state index in [1.807, 2.05) is 31.2 Å². The zero-order valence-corrected chi connectivity index (χ0v) is 17.7. The van der Waals surface area contributed by atoms with Gasteiger partial charge in [-0.1, -0.05) is 32.9 Å². The number of ether oxygens (including phenoxy) is 1. The first-order valence-corrected chi connectivity index (χ1v) is 10.4. The molecule has 1 aromatic carbocycles. The Balaban J connectivity index is 1.74. The number of fused-ring (bicyclic) bond motifs is 1. The Morgan fingerprint density at radius 2 is 2.07 bits per heavy atom. The fraction of sp³-hybridized carbons (Fsp3) is 0.455. The lowest BCUT2D eigenvalue weighted by Gasteiger charge is -2.33. The molecular weight excluding hydrogens is 372 g/mol. The van der Waals surface area contributed by atoms with Crippen molar-refractivity contribution in [3.05, 3.63) is 45.8 Å². The Morgan fingerprint density at radius 1 is 1.32 bits per heavy atom. The second-order valence-corrected chi connectivity index (χ2v) is 9.64. The number of nitrogens with two attached hydrogens (primary N) is 1. The summed E-state index contributed by atoms with van der Waals surface area (Å²) < 4.78 is 5.56. The minimum Gasteiger partial charge on any atom is -0.484 e. The fourth-order valence-corrected chi connectivity index (χ4v) is 5.04. The van der Waals surface area contributed by atoms with Crippen LogP contribution in [0.3, 0.4) is 0 Å². The van der Waals surface area contributed by atoms with Crippen molar-refractivity contribution in [3.63, 3.8) is 0 Å². The number of carbonyl (C=O) groups is 2. The molecule has 1 aliphatic carbocycles. The Bertz CT molecular complexity index is 896. The maximum atomic E-state index is 12.4. The number of primary amides is 1. The number of anilines is 1. The molecule has 0 spiro atoms. The Morgan fingerprint density at radius 3 is 2.71 bits per heavy atom. The summed E-state index contributed by atoms with van der Waals surface area (Å²) in [7, 11) is 0. The van der Waals surface area contributed by atoms with E-state index in [-0.39, 0.29) is 17.9 Å². The largest absolute Gasteiger partial charge is 0.484 e. The number of aryl methyl sites for hydroxylation is 1. The van der Waals surface area contributed by atoms with Crippen LogP contribution >= 0.6 is 11.3 Å². The lowest BCUT2D eigenvalue weighted by molar-refractivity contribution is -0.118. The first-order chi connectivity index (χ1) is 13.1. The molecule has 3 N–H and O–H groups in total. The highest BCUT2D eigenvalue weighted by molar-refractivity contribution is 7.17. The fourth-order valence-electron chi connectivity index (χ4n) is 3.69. The summed E-state index contributed by atoms with van der Waals surface area (Å²) in [4.78, 5) is 25.6. The van der Waals surface area contributed by atoms with E-state index in [0.29, 0.717) is 22.2 Å². The van der Waals surface area contributed by atoms with Crippen LogP contribution in [0.25, 0.3) is 0 Å². The van der Waals surface area contributed by atoms with Gasteiger partial charge >= 0.3 is 0 Å². The zero-order valence-electron chi connectivity index (χ0n) is 16.9. The number of benzene rings is 1. The van der Waals surface area contributed by atoms with Crippen molar-refractivity contribution < 1.29 is 14.3 Å². The summed E-state index contributed by atoms with van der Waals surface area (Å²) in [6.07, 6.45) is 2.76. The van der Waals surface area contributed by atoms with Crippen molar-refractivity contribution in [1.82, 2.24) is 0 Å². The average Bonchev–Trinajstić information content (AvgIpc) is 2.96. The summed E-state index contributed by atoms with van der Waals surface area (Å²) in [6.45, 7) is 8.59. The molecule has 0 aliphatic heterocycles. The lowest BCUT2D eigenvalue weighted by Crippen LogP contribution is -2.27. The molecule has 0 bridgehead atoms. The zero-order chi connectivity index (χ0) is 20.5. The lowest BCUT2D eigenvalue weighted by atomic mass is 9.72. The van der Waals surface area contributed by atoms with E-state index in [1.165, 1.54) is 11.3 Å². The number of carbonyl (C=O) groups excluding carboxylic acids is 2. The van der Waals surface area contributed by atoms with Crippen LogP contribution in [0.2, 0.25) is 0 Å². The molecule has 5 nitrogen and oxygen atoms in total. The van der Waals surface area contributed by atoms with Crippen LogP contribution in [0.1, 0.15) is 53.6 Å². The van der Waals surface area contributed by atoms with Gasteiger partial charge in [-0.3, -0.25) is 9.59 Å². The highest BCUT2D eigenvalue weighted by Gasteiger charge is 2.33. The second-order valence-electron chi connectivity index (χ2n) is 8.53. The average molecular weight is 401 g/mol. The number of amides is 2. The molecule has 2 aromatic rings. The van der Waals surface area contributed by atoms with Crippen LogP contribution in [0.5, 0.6) is 5.75 Å². The molecule has 1 heterocycles. The minimum atomic E-state index is -0.485. The molecule has 3 rings (SSSR count). The quantitative estimate of drug-likeness (QED) is 0.784. The van der Waals surface area contributed by atoms with Gasteiger partial charge in [-0.25, -0.2) is 0 Å². The first-order valence-electron chi connectivity index (χ1n) is 9.59. The molecule has 150 valence electrons. The molecular formula is C22H28N2O3S. The molecule has 1 atom stereocenters. The van der Waals surface area contributed by atoms with Gasteiger partial charge in [0.05, 0.1) is 5.56 Å². The number of nitrogens with one attached hydrogen (secondary N) is 1. The number of hydrogen-bond donors (Lipinski definition) is 2. The van der Waals surface area contributed by atoms with Gasteiger partial charge in [-0.05, 0) is 60.8 Å². The van der Waals surface area contributed by atoms with Crippen molar-refractivity contribution in [2.24, 2.45) is 17.1 Å². The second kappa shape index (κ2) is 7.95. The van der Waals surface area contributed by atoms with Crippen LogP contribution in [0.15, 0.2) is 24.3 Å². The van der Waals surface area contributed by atoms with Crippen molar-refractivity contribution >= 4 is 28.2 Å². The molecule has 0 saturated heterocycles. The Hall–Kier alpha value is -2.34. The highest BCUT2D eigenvalue weighted by Crippen LogP contribution is 2.44. The van der Waals surface area contributed by atoms with Crippen LogP contribution in [0, 0.1) is 18.3 Å². The molecule has 0 radical (unpaired) electrons. The van der Waals surface area contributed by atoms with Gasteiger partial charge in [-0.2, -0.15) is 0 Å². The van der Waals surface area contributed by atoms with Crippen LogP contribution in [0.4, 0.5) is 5.00 Å². The van der Waals surface area contributed by atoms with Crippen molar-refractivity contribution in [2.75, 3.05) is 11.9 Å². The smallest absolute Gasteiger partial charge is 0.262 e. The standard InChI is InChI=1S/C22H28N2O3S/c1-13-6-5-7-15(10-13)27-12-18(25)24-21-19(20(23)26)16-9-8-14(22(2,3)4)11-17(16)28-21/h5-7,10,14H,8-9,11-12H2,1-4H3,(H2,23,26)(H,24,25)/t14-/m1/s1.